The van der Waals surface area contributed by atoms with Crippen molar-refractivity contribution in [3.8, 4) is 0 Å². The third-order valence-corrected chi connectivity index (χ3v) is 4.29. The van der Waals surface area contributed by atoms with Gasteiger partial charge in [-0.2, -0.15) is 4.99 Å². The second kappa shape index (κ2) is 8.51. The first kappa shape index (κ1) is 19.3. The van der Waals surface area contributed by atoms with E-state index in [0.29, 0.717) is 18.7 Å². The molecule has 2 aliphatic rings. The van der Waals surface area contributed by atoms with Gasteiger partial charge < -0.3 is 10.2 Å². The molecule has 0 spiro atoms. The van der Waals surface area contributed by atoms with Gasteiger partial charge in [-0.25, -0.2) is 9.38 Å². The number of amidine groups is 1. The molecule has 1 aliphatic carbocycles. The molecule has 0 saturated carbocycles. The second-order valence-electron chi connectivity index (χ2n) is 6.38. The van der Waals surface area contributed by atoms with Crippen molar-refractivity contribution in [2.24, 2.45) is 15.9 Å². The van der Waals surface area contributed by atoms with Gasteiger partial charge in [0, 0.05) is 25.7 Å². The maximum absolute atomic E-state index is 13.2. The Morgan fingerprint density at radius 1 is 1.25 bits per heavy atom. The van der Waals surface area contributed by atoms with Crippen LogP contribution < -0.4 is 5.32 Å². The van der Waals surface area contributed by atoms with E-state index in [-0.39, 0.29) is 23.9 Å². The molecule has 1 unspecified atom stereocenters. The molecule has 1 aromatic carbocycles. The molecule has 1 heterocycles. The molecular formula is C20H19FN4O3. The molecule has 3 amide bonds. The fraction of sp³-hybridized carbons (Fsp3) is 0.250. The van der Waals surface area contributed by atoms with Gasteiger partial charge in [-0.15, -0.1) is 0 Å². The second-order valence-corrected chi connectivity index (χ2v) is 6.38. The van der Waals surface area contributed by atoms with Crippen LogP contribution in [0.25, 0.3) is 0 Å². The van der Waals surface area contributed by atoms with Crippen molar-refractivity contribution in [2.75, 3.05) is 20.1 Å². The number of fused-ring (bicyclic) bond motifs is 1. The summed E-state index contributed by atoms with van der Waals surface area (Å²) in [6.45, 7) is 0.641. The van der Waals surface area contributed by atoms with Gasteiger partial charge in [-0.05, 0) is 30.7 Å². The number of carbonyl (C=O) groups excluding carboxylic acids is 3. The normalized spacial score (nSPS) is 17.5. The van der Waals surface area contributed by atoms with Crippen molar-refractivity contribution in [3.05, 3.63) is 60.0 Å². The van der Waals surface area contributed by atoms with Crippen molar-refractivity contribution in [1.82, 2.24) is 10.2 Å². The Hall–Kier alpha value is -3.42. The predicted octanol–water partition coefficient (Wildman–Crippen LogP) is 1.53. The van der Waals surface area contributed by atoms with Crippen molar-refractivity contribution in [1.29, 1.82) is 0 Å². The minimum Gasteiger partial charge on any atom is -0.349 e. The largest absolute Gasteiger partial charge is 0.349 e. The van der Waals surface area contributed by atoms with Crippen LogP contribution in [0.4, 0.5) is 4.39 Å². The number of nitrogens with one attached hydrogen (secondary N) is 1. The van der Waals surface area contributed by atoms with Crippen LogP contribution in [-0.4, -0.2) is 54.3 Å². The Morgan fingerprint density at radius 2 is 2.07 bits per heavy atom. The van der Waals surface area contributed by atoms with Crippen molar-refractivity contribution < 1.29 is 18.8 Å². The van der Waals surface area contributed by atoms with E-state index >= 15 is 0 Å². The molecule has 0 radical (unpaired) electrons. The third-order valence-electron chi connectivity index (χ3n) is 4.29. The lowest BCUT2D eigenvalue weighted by atomic mass is 9.96. The first-order valence-electron chi connectivity index (χ1n) is 8.81. The lowest BCUT2D eigenvalue weighted by Gasteiger charge is -2.18. The Morgan fingerprint density at radius 3 is 2.86 bits per heavy atom. The van der Waals surface area contributed by atoms with Gasteiger partial charge in [0.25, 0.3) is 17.7 Å². The molecule has 0 bridgehead atoms. The summed E-state index contributed by atoms with van der Waals surface area (Å²) in [4.78, 5) is 45.8. The van der Waals surface area contributed by atoms with Gasteiger partial charge in [0.05, 0.1) is 5.71 Å². The fourth-order valence-electron chi connectivity index (χ4n) is 2.81. The van der Waals surface area contributed by atoms with Crippen LogP contribution in [0.1, 0.15) is 16.8 Å². The quantitative estimate of drug-likeness (QED) is 0.757. The highest BCUT2D eigenvalue weighted by Crippen LogP contribution is 2.16. The van der Waals surface area contributed by atoms with Crippen LogP contribution in [0.15, 0.2) is 58.6 Å². The van der Waals surface area contributed by atoms with Gasteiger partial charge in [0.2, 0.25) is 5.84 Å². The number of amides is 3. The first-order valence-corrected chi connectivity index (χ1v) is 8.81. The van der Waals surface area contributed by atoms with Gasteiger partial charge in [0.1, 0.15) is 11.7 Å². The number of benzene rings is 1. The minimum absolute atomic E-state index is 0.166. The third kappa shape index (κ3) is 4.46. The van der Waals surface area contributed by atoms with E-state index < -0.39 is 23.5 Å². The topological polar surface area (TPSA) is 91.2 Å². The molecule has 1 aromatic rings. The standard InChI is InChI=1S/C20H19FN4O3/c1-25(20(28)13-6-4-7-14(21)12-13)11-5-10-22-19(27)17-23-16-9-3-2-8-15(16)18(26)24-17/h2-4,6-9,12,15H,5,10-11H2,1H3,(H,22,27). The van der Waals surface area contributed by atoms with Crippen molar-refractivity contribution in [2.45, 2.75) is 6.42 Å². The Balaban J connectivity index is 1.47. The monoisotopic (exact) mass is 382 g/mol. The number of hydrogen-bond donors (Lipinski definition) is 1. The van der Waals surface area contributed by atoms with Crippen LogP contribution in [-0.2, 0) is 9.59 Å². The summed E-state index contributed by atoms with van der Waals surface area (Å²) in [6.07, 6.45) is 7.33. The minimum atomic E-state index is -0.540. The Kier molecular flexibility index (Phi) is 5.88. The number of rotatable bonds is 6. The predicted molar refractivity (Wildman–Crippen MR) is 103 cm³/mol. The van der Waals surface area contributed by atoms with Crippen LogP contribution in [0, 0.1) is 11.7 Å². The van der Waals surface area contributed by atoms with E-state index in [1.807, 2.05) is 0 Å². The smallest absolute Gasteiger partial charge is 0.289 e. The van der Waals surface area contributed by atoms with Gasteiger partial charge in [-0.3, -0.25) is 14.4 Å². The Labute approximate surface area is 161 Å². The zero-order valence-corrected chi connectivity index (χ0v) is 15.3. The molecule has 3 rings (SSSR count). The summed E-state index contributed by atoms with van der Waals surface area (Å²) in [5, 5.41) is 2.64. The van der Waals surface area contributed by atoms with E-state index in [0.717, 1.165) is 0 Å². The summed E-state index contributed by atoms with van der Waals surface area (Å²) < 4.78 is 13.2. The maximum Gasteiger partial charge on any atom is 0.289 e. The van der Waals surface area contributed by atoms with Gasteiger partial charge in [0.15, 0.2) is 0 Å². The van der Waals surface area contributed by atoms with E-state index in [1.54, 1.807) is 37.4 Å². The maximum atomic E-state index is 13.2. The number of allylic oxidation sites excluding steroid dienone is 3. The SMILES string of the molecule is CN(CCCNC(=O)C1=NC(=O)C2C=CC=CC2=N1)C(=O)c1cccc(F)c1. The average molecular weight is 382 g/mol. The summed E-state index contributed by atoms with van der Waals surface area (Å²) in [6, 6.07) is 5.48. The van der Waals surface area contributed by atoms with Crippen LogP contribution in [0.2, 0.25) is 0 Å². The first-order chi connectivity index (χ1) is 13.5. The molecule has 8 heteroatoms. The van der Waals surface area contributed by atoms with Crippen LogP contribution in [0.3, 0.4) is 0 Å². The van der Waals surface area contributed by atoms with E-state index in [2.05, 4.69) is 15.3 Å². The summed E-state index contributed by atoms with van der Waals surface area (Å²) in [5.41, 5.74) is 0.759. The van der Waals surface area contributed by atoms with Crippen LogP contribution >= 0.6 is 0 Å². The number of halogens is 1. The van der Waals surface area contributed by atoms with Gasteiger partial charge in [-0.1, -0.05) is 24.3 Å². The van der Waals surface area contributed by atoms with E-state index in [9.17, 15) is 18.8 Å². The van der Waals surface area contributed by atoms with E-state index in [4.69, 9.17) is 0 Å². The van der Waals surface area contributed by atoms with Crippen molar-refractivity contribution in [3.63, 3.8) is 0 Å². The zero-order valence-electron chi connectivity index (χ0n) is 15.3. The van der Waals surface area contributed by atoms with Crippen molar-refractivity contribution >= 4 is 29.3 Å². The molecule has 0 aromatic heterocycles. The summed E-state index contributed by atoms with van der Waals surface area (Å²) in [7, 11) is 1.61. The molecular weight excluding hydrogens is 363 g/mol. The number of aliphatic imine (C=N–C) groups is 2. The zero-order chi connectivity index (χ0) is 20.1. The van der Waals surface area contributed by atoms with E-state index in [1.165, 1.54) is 23.1 Å². The molecule has 1 N–H and O–H groups in total. The Bertz CT molecular complexity index is 933. The summed E-state index contributed by atoms with van der Waals surface area (Å²) >= 11 is 0. The lowest BCUT2D eigenvalue weighted by molar-refractivity contribution is -0.119. The molecule has 144 valence electrons. The molecule has 1 atom stereocenters. The highest BCUT2D eigenvalue weighted by atomic mass is 19.1. The van der Waals surface area contributed by atoms with Crippen LogP contribution in [0.5, 0.6) is 0 Å². The average Bonchev–Trinajstić information content (AvgIpc) is 2.70. The molecule has 0 fully saturated rings. The molecule has 0 saturated heterocycles. The molecule has 28 heavy (non-hydrogen) atoms. The molecule has 1 aliphatic heterocycles. The number of carbonyl (C=O) groups is 3. The summed E-state index contributed by atoms with van der Waals surface area (Å²) in [5.74, 6) is -2.42. The molecule has 7 nitrogen and oxygen atoms in total. The fourth-order valence-corrected chi connectivity index (χ4v) is 2.81. The number of hydrogen-bond acceptors (Lipinski definition) is 4. The lowest BCUT2D eigenvalue weighted by Crippen LogP contribution is -2.37. The number of nitrogens with zero attached hydrogens (tertiary/aromatic N) is 3. The highest BCUT2D eigenvalue weighted by Gasteiger charge is 2.28. The highest BCUT2D eigenvalue weighted by molar-refractivity contribution is 6.44. The van der Waals surface area contributed by atoms with Gasteiger partial charge >= 0.3 is 0 Å².